The maximum atomic E-state index is 13.8. The molecule has 88 valence electrons. The molecular weight excluding hydrogens is 283 g/mol. The quantitative estimate of drug-likeness (QED) is 0.923. The Morgan fingerprint density at radius 3 is 2.76 bits per heavy atom. The van der Waals surface area contributed by atoms with E-state index in [9.17, 15) is 4.39 Å². The smallest absolute Gasteiger partial charge is 0.129 e. The Balaban J connectivity index is 2.51. The molecule has 1 unspecified atom stereocenters. The van der Waals surface area contributed by atoms with Crippen LogP contribution in [0.5, 0.6) is 0 Å². The van der Waals surface area contributed by atoms with E-state index < -0.39 is 6.04 Å². The zero-order chi connectivity index (χ0) is 12.4. The van der Waals surface area contributed by atoms with Crippen LogP contribution in [0.25, 0.3) is 0 Å². The summed E-state index contributed by atoms with van der Waals surface area (Å²) in [4.78, 5) is 4.03. The fraction of sp³-hybridized carbons (Fsp3) is 0.154. The minimum absolute atomic E-state index is 0.310. The molecule has 0 fully saturated rings. The summed E-state index contributed by atoms with van der Waals surface area (Å²) in [6.07, 6.45) is 3.38. The number of hydrogen-bond acceptors (Lipinski definition) is 2. The molecule has 17 heavy (non-hydrogen) atoms. The van der Waals surface area contributed by atoms with Crippen LogP contribution >= 0.6 is 15.9 Å². The Kier molecular flexibility index (Phi) is 3.54. The number of nitrogens with zero attached hydrogens (tertiary/aromatic N) is 1. The Morgan fingerprint density at radius 2 is 2.12 bits per heavy atom. The van der Waals surface area contributed by atoms with Gasteiger partial charge in [0.15, 0.2) is 0 Å². The van der Waals surface area contributed by atoms with Crippen LogP contribution in [-0.2, 0) is 0 Å². The molecule has 2 nitrogen and oxygen atoms in total. The highest BCUT2D eigenvalue weighted by molar-refractivity contribution is 9.10. The van der Waals surface area contributed by atoms with Gasteiger partial charge in [-0.1, -0.05) is 22.0 Å². The summed E-state index contributed by atoms with van der Waals surface area (Å²) in [5, 5.41) is 0. The summed E-state index contributed by atoms with van der Waals surface area (Å²) in [5.41, 5.74) is 8.40. The van der Waals surface area contributed by atoms with Crippen molar-refractivity contribution in [1.29, 1.82) is 0 Å². The van der Waals surface area contributed by atoms with Gasteiger partial charge < -0.3 is 5.73 Å². The highest BCUT2D eigenvalue weighted by Gasteiger charge is 2.18. The number of aromatic nitrogens is 1. The molecular formula is C13H12BrFN2. The number of nitrogens with two attached hydrogens (primary N) is 1. The van der Waals surface area contributed by atoms with Crippen molar-refractivity contribution >= 4 is 15.9 Å². The van der Waals surface area contributed by atoms with Gasteiger partial charge in [0.05, 0.1) is 6.04 Å². The Hall–Kier alpha value is -1.26. The molecule has 0 aliphatic carbocycles. The molecule has 0 bridgehead atoms. The predicted molar refractivity (Wildman–Crippen MR) is 69.1 cm³/mol. The van der Waals surface area contributed by atoms with Crippen molar-refractivity contribution in [2.45, 2.75) is 13.0 Å². The lowest BCUT2D eigenvalue weighted by Gasteiger charge is -2.16. The highest BCUT2D eigenvalue weighted by atomic mass is 79.9. The molecule has 0 aliphatic rings. The van der Waals surface area contributed by atoms with Gasteiger partial charge in [0.1, 0.15) is 5.82 Å². The second-order valence-electron chi connectivity index (χ2n) is 3.85. The van der Waals surface area contributed by atoms with Crippen molar-refractivity contribution in [2.75, 3.05) is 0 Å². The molecule has 2 N–H and O–H groups in total. The first kappa shape index (κ1) is 12.2. The summed E-state index contributed by atoms with van der Waals surface area (Å²) in [6.45, 7) is 1.94. The third-order valence-electron chi connectivity index (χ3n) is 2.73. The summed E-state index contributed by atoms with van der Waals surface area (Å²) in [5.74, 6) is -0.310. The fourth-order valence-electron chi connectivity index (χ4n) is 1.77. The van der Waals surface area contributed by atoms with Crippen molar-refractivity contribution in [3.05, 3.63) is 63.6 Å². The summed E-state index contributed by atoms with van der Waals surface area (Å²) < 4.78 is 14.5. The van der Waals surface area contributed by atoms with Crippen molar-refractivity contribution in [1.82, 2.24) is 4.98 Å². The number of hydrogen-bond donors (Lipinski definition) is 1. The van der Waals surface area contributed by atoms with Gasteiger partial charge >= 0.3 is 0 Å². The topological polar surface area (TPSA) is 38.9 Å². The fourth-order valence-corrected chi connectivity index (χ4v) is 2.35. The van der Waals surface area contributed by atoms with E-state index in [-0.39, 0.29) is 5.82 Å². The molecule has 1 heterocycles. The molecule has 1 atom stereocenters. The third-order valence-corrected chi connectivity index (χ3v) is 3.42. The lowest BCUT2D eigenvalue weighted by Crippen LogP contribution is -2.15. The van der Waals surface area contributed by atoms with E-state index in [1.807, 2.05) is 13.0 Å². The molecule has 0 saturated carbocycles. The molecule has 2 aromatic rings. The molecule has 0 amide bonds. The SMILES string of the molecule is Cc1ccncc1C(N)c1c(F)cccc1Br. The van der Waals surface area contributed by atoms with Crippen LogP contribution in [0.3, 0.4) is 0 Å². The molecule has 4 heteroatoms. The lowest BCUT2D eigenvalue weighted by molar-refractivity contribution is 0.597. The van der Waals surface area contributed by atoms with Gasteiger partial charge in [-0.25, -0.2) is 4.39 Å². The third kappa shape index (κ3) is 2.37. The molecule has 0 spiro atoms. The van der Waals surface area contributed by atoms with Gasteiger partial charge in [0.25, 0.3) is 0 Å². The zero-order valence-electron chi connectivity index (χ0n) is 9.32. The molecule has 0 aliphatic heterocycles. The van der Waals surface area contributed by atoms with E-state index in [4.69, 9.17) is 5.73 Å². The van der Waals surface area contributed by atoms with Gasteiger partial charge in [0, 0.05) is 22.4 Å². The highest BCUT2D eigenvalue weighted by Crippen LogP contribution is 2.30. The first-order valence-electron chi connectivity index (χ1n) is 5.21. The van der Waals surface area contributed by atoms with Crippen molar-refractivity contribution in [3.8, 4) is 0 Å². The zero-order valence-corrected chi connectivity index (χ0v) is 10.9. The van der Waals surface area contributed by atoms with E-state index in [2.05, 4.69) is 20.9 Å². The van der Waals surface area contributed by atoms with Gasteiger partial charge in [-0.2, -0.15) is 0 Å². The molecule has 1 aromatic heterocycles. The van der Waals surface area contributed by atoms with Crippen LogP contribution in [0.4, 0.5) is 4.39 Å². The number of aryl methyl sites for hydroxylation is 1. The van der Waals surface area contributed by atoms with E-state index in [1.54, 1.807) is 24.5 Å². The minimum atomic E-state index is -0.515. The van der Waals surface area contributed by atoms with Gasteiger partial charge in [-0.05, 0) is 36.2 Å². The van der Waals surface area contributed by atoms with Crippen molar-refractivity contribution in [2.24, 2.45) is 5.73 Å². The Bertz CT molecular complexity index is 522. The van der Waals surface area contributed by atoms with Crippen LogP contribution in [-0.4, -0.2) is 4.98 Å². The predicted octanol–water partition coefficient (Wildman–Crippen LogP) is 3.34. The van der Waals surface area contributed by atoms with Crippen LogP contribution in [0.2, 0.25) is 0 Å². The lowest BCUT2D eigenvalue weighted by atomic mass is 9.97. The Morgan fingerprint density at radius 1 is 1.35 bits per heavy atom. The van der Waals surface area contributed by atoms with Crippen LogP contribution in [0, 0.1) is 12.7 Å². The average Bonchev–Trinajstić information content (AvgIpc) is 2.29. The molecule has 1 aromatic carbocycles. The normalized spacial score (nSPS) is 12.5. The molecule has 0 radical (unpaired) electrons. The molecule has 2 rings (SSSR count). The van der Waals surface area contributed by atoms with Crippen LogP contribution in [0.1, 0.15) is 22.7 Å². The summed E-state index contributed by atoms with van der Waals surface area (Å²) in [6, 6.07) is 6.19. The number of pyridine rings is 1. The van der Waals surface area contributed by atoms with Crippen LogP contribution < -0.4 is 5.73 Å². The number of rotatable bonds is 2. The second kappa shape index (κ2) is 4.94. The van der Waals surface area contributed by atoms with E-state index in [1.165, 1.54) is 6.07 Å². The van der Waals surface area contributed by atoms with Crippen LogP contribution in [0.15, 0.2) is 41.1 Å². The van der Waals surface area contributed by atoms with Gasteiger partial charge in [-0.15, -0.1) is 0 Å². The largest absolute Gasteiger partial charge is 0.320 e. The standard InChI is InChI=1S/C13H12BrFN2/c1-8-5-6-17-7-9(8)13(16)12-10(14)3-2-4-11(12)15/h2-7,13H,16H2,1H3. The first-order valence-corrected chi connectivity index (χ1v) is 6.00. The van der Waals surface area contributed by atoms with Crippen molar-refractivity contribution < 1.29 is 4.39 Å². The number of halogens is 2. The maximum Gasteiger partial charge on any atom is 0.129 e. The second-order valence-corrected chi connectivity index (χ2v) is 4.70. The van der Waals surface area contributed by atoms with E-state index in [0.29, 0.717) is 10.0 Å². The summed E-state index contributed by atoms with van der Waals surface area (Å²) in [7, 11) is 0. The minimum Gasteiger partial charge on any atom is -0.320 e. The van der Waals surface area contributed by atoms with Crippen molar-refractivity contribution in [3.63, 3.8) is 0 Å². The maximum absolute atomic E-state index is 13.8. The monoisotopic (exact) mass is 294 g/mol. The number of benzene rings is 1. The van der Waals surface area contributed by atoms with E-state index in [0.717, 1.165) is 11.1 Å². The molecule has 0 saturated heterocycles. The van der Waals surface area contributed by atoms with Gasteiger partial charge in [0.2, 0.25) is 0 Å². The van der Waals surface area contributed by atoms with E-state index >= 15 is 0 Å². The summed E-state index contributed by atoms with van der Waals surface area (Å²) >= 11 is 3.33. The average molecular weight is 295 g/mol. The van der Waals surface area contributed by atoms with Gasteiger partial charge in [-0.3, -0.25) is 4.98 Å². The Labute approximate surface area is 108 Å². The first-order chi connectivity index (χ1) is 8.11.